The van der Waals surface area contributed by atoms with Gasteiger partial charge in [0.05, 0.1) is 17.9 Å². The van der Waals surface area contributed by atoms with E-state index in [0.717, 1.165) is 12.1 Å². The lowest BCUT2D eigenvalue weighted by atomic mass is 10.2. The van der Waals surface area contributed by atoms with Gasteiger partial charge in [0.25, 0.3) is 0 Å². The first-order chi connectivity index (χ1) is 7.60. The zero-order valence-electron chi connectivity index (χ0n) is 9.97. The molecular formula is C10H19N5O. The predicted octanol–water partition coefficient (Wildman–Crippen LogP) is 0.385. The Morgan fingerprint density at radius 3 is 2.88 bits per heavy atom. The summed E-state index contributed by atoms with van der Waals surface area (Å²) in [5.74, 6) is -0.0657. The molecule has 0 saturated carbocycles. The Hall–Kier alpha value is -1.43. The molecule has 2 atom stereocenters. The van der Waals surface area contributed by atoms with E-state index in [-0.39, 0.29) is 18.0 Å². The number of amides is 1. The summed E-state index contributed by atoms with van der Waals surface area (Å²) in [7, 11) is 0. The van der Waals surface area contributed by atoms with Crippen molar-refractivity contribution in [1.29, 1.82) is 0 Å². The first-order valence-corrected chi connectivity index (χ1v) is 5.55. The van der Waals surface area contributed by atoms with Gasteiger partial charge in [-0.2, -0.15) is 0 Å². The molecule has 0 radical (unpaired) electrons. The van der Waals surface area contributed by atoms with E-state index in [1.165, 1.54) is 4.68 Å². The molecule has 0 aliphatic rings. The molecule has 6 nitrogen and oxygen atoms in total. The van der Waals surface area contributed by atoms with Crippen LogP contribution in [0.2, 0.25) is 0 Å². The molecule has 16 heavy (non-hydrogen) atoms. The summed E-state index contributed by atoms with van der Waals surface area (Å²) < 4.78 is 1.54. The Bertz CT molecular complexity index is 349. The van der Waals surface area contributed by atoms with Crippen LogP contribution >= 0.6 is 0 Å². The Morgan fingerprint density at radius 1 is 1.62 bits per heavy atom. The fourth-order valence-electron chi connectivity index (χ4n) is 1.30. The lowest BCUT2D eigenvalue weighted by Crippen LogP contribution is -2.31. The van der Waals surface area contributed by atoms with Gasteiger partial charge in [0, 0.05) is 6.54 Å². The Balaban J connectivity index is 2.73. The topological polar surface area (TPSA) is 85.8 Å². The van der Waals surface area contributed by atoms with Crippen molar-refractivity contribution in [1.82, 2.24) is 20.3 Å². The quantitative estimate of drug-likeness (QED) is 0.758. The number of carbonyl (C=O) groups is 1. The second kappa shape index (κ2) is 5.60. The van der Waals surface area contributed by atoms with Gasteiger partial charge in [-0.15, -0.1) is 5.10 Å². The third-order valence-electron chi connectivity index (χ3n) is 2.47. The van der Waals surface area contributed by atoms with Crippen LogP contribution in [0.1, 0.15) is 45.0 Å². The molecule has 1 rings (SSSR count). The number of aromatic nitrogens is 3. The van der Waals surface area contributed by atoms with E-state index >= 15 is 0 Å². The lowest BCUT2D eigenvalue weighted by Gasteiger charge is -2.10. The van der Waals surface area contributed by atoms with Crippen molar-refractivity contribution in [3.8, 4) is 0 Å². The van der Waals surface area contributed by atoms with Crippen molar-refractivity contribution < 1.29 is 4.79 Å². The van der Waals surface area contributed by atoms with Gasteiger partial charge in [-0.1, -0.05) is 12.1 Å². The maximum absolute atomic E-state index is 11.6. The number of likely N-dealkylation sites (N-methyl/N-ethyl adjacent to an activating group) is 1. The van der Waals surface area contributed by atoms with E-state index in [9.17, 15) is 4.79 Å². The van der Waals surface area contributed by atoms with Gasteiger partial charge in [-0.25, -0.2) is 4.68 Å². The van der Waals surface area contributed by atoms with E-state index in [2.05, 4.69) is 15.6 Å². The summed E-state index contributed by atoms with van der Waals surface area (Å²) in [6, 6.07) is -0.472. The number of hydrogen-bond acceptors (Lipinski definition) is 4. The number of rotatable bonds is 5. The maximum Gasteiger partial charge on any atom is 0.244 e. The van der Waals surface area contributed by atoms with Gasteiger partial charge < -0.3 is 11.1 Å². The SMILES string of the molecule is CCNC(=O)C(C)n1cc(C(N)CC)nn1. The molecule has 1 aromatic rings. The van der Waals surface area contributed by atoms with Crippen LogP contribution < -0.4 is 11.1 Å². The zero-order chi connectivity index (χ0) is 12.1. The van der Waals surface area contributed by atoms with Gasteiger partial charge in [0.15, 0.2) is 0 Å². The molecular weight excluding hydrogens is 206 g/mol. The van der Waals surface area contributed by atoms with Crippen molar-refractivity contribution in [3.05, 3.63) is 11.9 Å². The number of nitrogens with two attached hydrogens (primary N) is 1. The zero-order valence-corrected chi connectivity index (χ0v) is 9.97. The smallest absolute Gasteiger partial charge is 0.244 e. The Morgan fingerprint density at radius 2 is 2.31 bits per heavy atom. The van der Waals surface area contributed by atoms with Gasteiger partial charge in [0.1, 0.15) is 6.04 Å². The third-order valence-corrected chi connectivity index (χ3v) is 2.47. The molecule has 0 aliphatic heterocycles. The number of carbonyl (C=O) groups excluding carboxylic acids is 1. The summed E-state index contributed by atoms with van der Waals surface area (Å²) in [4.78, 5) is 11.6. The highest BCUT2D eigenvalue weighted by atomic mass is 16.2. The third kappa shape index (κ3) is 2.79. The lowest BCUT2D eigenvalue weighted by molar-refractivity contribution is -0.124. The fraction of sp³-hybridized carbons (Fsp3) is 0.700. The van der Waals surface area contributed by atoms with Crippen molar-refractivity contribution in [2.24, 2.45) is 5.73 Å². The molecule has 0 aliphatic carbocycles. The summed E-state index contributed by atoms with van der Waals surface area (Å²) in [5, 5.41) is 10.6. The minimum atomic E-state index is -0.356. The van der Waals surface area contributed by atoms with Gasteiger partial charge in [-0.3, -0.25) is 4.79 Å². The minimum Gasteiger partial charge on any atom is -0.355 e. The van der Waals surface area contributed by atoms with Gasteiger partial charge in [0.2, 0.25) is 5.91 Å². The molecule has 2 unspecified atom stereocenters. The van der Waals surface area contributed by atoms with Crippen molar-refractivity contribution in [2.45, 2.75) is 39.3 Å². The van der Waals surface area contributed by atoms with E-state index in [4.69, 9.17) is 5.73 Å². The van der Waals surface area contributed by atoms with Crippen molar-refractivity contribution in [2.75, 3.05) is 6.54 Å². The van der Waals surface area contributed by atoms with Crippen LogP contribution in [-0.2, 0) is 4.79 Å². The Labute approximate surface area is 95.2 Å². The summed E-state index contributed by atoms with van der Waals surface area (Å²) >= 11 is 0. The van der Waals surface area contributed by atoms with E-state index < -0.39 is 0 Å². The molecule has 90 valence electrons. The van der Waals surface area contributed by atoms with Crippen LogP contribution in [0, 0.1) is 0 Å². The van der Waals surface area contributed by atoms with Crippen LogP contribution in [0.15, 0.2) is 6.20 Å². The second-order valence-corrected chi connectivity index (χ2v) is 3.71. The average molecular weight is 225 g/mol. The van der Waals surface area contributed by atoms with E-state index in [1.54, 1.807) is 13.1 Å². The maximum atomic E-state index is 11.6. The molecule has 6 heteroatoms. The normalized spacial score (nSPS) is 14.5. The first kappa shape index (κ1) is 12.6. The standard InChI is InChI=1S/C10H19N5O/c1-4-8(11)9-6-15(14-13-9)7(3)10(16)12-5-2/h6-8H,4-5,11H2,1-3H3,(H,12,16). The van der Waals surface area contributed by atoms with E-state index in [1.807, 2.05) is 13.8 Å². The highest BCUT2D eigenvalue weighted by Crippen LogP contribution is 2.12. The number of hydrogen-bond donors (Lipinski definition) is 2. The molecule has 0 fully saturated rings. The van der Waals surface area contributed by atoms with Crippen molar-refractivity contribution >= 4 is 5.91 Å². The van der Waals surface area contributed by atoms with Crippen LogP contribution in [0.25, 0.3) is 0 Å². The molecule has 0 aromatic carbocycles. The first-order valence-electron chi connectivity index (χ1n) is 5.55. The predicted molar refractivity (Wildman–Crippen MR) is 60.6 cm³/mol. The monoisotopic (exact) mass is 225 g/mol. The fourth-order valence-corrected chi connectivity index (χ4v) is 1.30. The minimum absolute atomic E-state index is 0.0657. The highest BCUT2D eigenvalue weighted by molar-refractivity contribution is 5.79. The molecule has 0 saturated heterocycles. The molecule has 3 N–H and O–H groups in total. The molecule has 1 heterocycles. The molecule has 1 amide bonds. The molecule has 1 aromatic heterocycles. The largest absolute Gasteiger partial charge is 0.355 e. The van der Waals surface area contributed by atoms with E-state index in [0.29, 0.717) is 6.54 Å². The second-order valence-electron chi connectivity index (χ2n) is 3.71. The van der Waals surface area contributed by atoms with Gasteiger partial charge in [-0.05, 0) is 20.3 Å². The number of nitrogens with one attached hydrogen (secondary N) is 1. The van der Waals surface area contributed by atoms with Crippen LogP contribution in [0.5, 0.6) is 0 Å². The summed E-state index contributed by atoms with van der Waals surface area (Å²) in [6.45, 7) is 6.25. The van der Waals surface area contributed by atoms with Crippen LogP contribution in [0.4, 0.5) is 0 Å². The van der Waals surface area contributed by atoms with Crippen LogP contribution in [0.3, 0.4) is 0 Å². The average Bonchev–Trinajstić information content (AvgIpc) is 2.76. The summed E-state index contributed by atoms with van der Waals surface area (Å²) in [5.41, 5.74) is 6.55. The van der Waals surface area contributed by atoms with Gasteiger partial charge >= 0.3 is 0 Å². The molecule has 0 spiro atoms. The van der Waals surface area contributed by atoms with Crippen LogP contribution in [-0.4, -0.2) is 27.4 Å². The number of nitrogens with zero attached hydrogens (tertiary/aromatic N) is 3. The highest BCUT2D eigenvalue weighted by Gasteiger charge is 2.17. The molecule has 0 bridgehead atoms. The van der Waals surface area contributed by atoms with Crippen molar-refractivity contribution in [3.63, 3.8) is 0 Å². The Kier molecular flexibility index (Phi) is 4.42. The summed E-state index contributed by atoms with van der Waals surface area (Å²) in [6.07, 6.45) is 2.53.